The quantitative estimate of drug-likeness (QED) is 0.603. The van der Waals surface area contributed by atoms with Crippen molar-refractivity contribution in [1.29, 1.82) is 0 Å². The van der Waals surface area contributed by atoms with Gasteiger partial charge in [0.25, 0.3) is 11.5 Å². The molecule has 0 radical (unpaired) electrons. The van der Waals surface area contributed by atoms with Gasteiger partial charge in [-0.25, -0.2) is 4.68 Å². The summed E-state index contributed by atoms with van der Waals surface area (Å²) in [7, 11) is 1.55. The number of fused-ring (bicyclic) bond motifs is 1. The number of ether oxygens (including phenoxy) is 1. The first kappa shape index (κ1) is 17.9. The molecule has 2 heterocycles. The summed E-state index contributed by atoms with van der Waals surface area (Å²) in [5.41, 5.74) is 2.33. The summed E-state index contributed by atoms with van der Waals surface area (Å²) in [5.74, 6) is -0.282. The maximum atomic E-state index is 12.2. The number of rotatable bonds is 8. The monoisotopic (exact) mass is 354 g/mol. The lowest BCUT2D eigenvalue weighted by Crippen LogP contribution is -2.31. The number of aromatic amines is 1. The van der Waals surface area contributed by atoms with Crippen molar-refractivity contribution in [2.24, 2.45) is 0 Å². The van der Waals surface area contributed by atoms with Crippen LogP contribution in [-0.4, -0.2) is 40.9 Å². The third kappa shape index (κ3) is 4.18. The fourth-order valence-electron chi connectivity index (χ4n) is 2.82. The normalized spacial score (nSPS) is 11.0. The van der Waals surface area contributed by atoms with Gasteiger partial charge in [0, 0.05) is 36.8 Å². The average molecular weight is 354 g/mol. The zero-order valence-electron chi connectivity index (χ0n) is 14.7. The fourth-order valence-corrected chi connectivity index (χ4v) is 2.82. The summed E-state index contributed by atoms with van der Waals surface area (Å²) in [4.78, 5) is 27.2. The van der Waals surface area contributed by atoms with Crippen molar-refractivity contribution in [2.45, 2.75) is 19.4 Å². The van der Waals surface area contributed by atoms with Crippen molar-refractivity contribution < 1.29 is 9.53 Å². The smallest absolute Gasteiger partial charge is 0.271 e. The van der Waals surface area contributed by atoms with E-state index < -0.39 is 0 Å². The van der Waals surface area contributed by atoms with Crippen LogP contribution in [0.4, 0.5) is 0 Å². The second-order valence-electron chi connectivity index (χ2n) is 5.99. The van der Waals surface area contributed by atoms with Crippen molar-refractivity contribution in [3.05, 3.63) is 64.2 Å². The van der Waals surface area contributed by atoms with Crippen LogP contribution in [0.25, 0.3) is 10.9 Å². The van der Waals surface area contributed by atoms with Gasteiger partial charge in [0.05, 0.1) is 13.2 Å². The molecule has 0 bridgehead atoms. The number of amides is 1. The van der Waals surface area contributed by atoms with Gasteiger partial charge in [-0.1, -0.05) is 18.2 Å². The van der Waals surface area contributed by atoms with Crippen LogP contribution < -0.4 is 10.9 Å². The molecule has 3 aromatic rings. The molecule has 1 amide bonds. The molecule has 7 heteroatoms. The van der Waals surface area contributed by atoms with Gasteiger partial charge < -0.3 is 15.0 Å². The molecule has 0 saturated carbocycles. The van der Waals surface area contributed by atoms with Crippen LogP contribution in [-0.2, 0) is 17.7 Å². The number of hydrogen-bond donors (Lipinski definition) is 2. The minimum Gasteiger partial charge on any atom is -0.383 e. The van der Waals surface area contributed by atoms with E-state index in [0.29, 0.717) is 19.7 Å². The molecular formula is C19H22N4O3. The molecule has 26 heavy (non-hydrogen) atoms. The van der Waals surface area contributed by atoms with Gasteiger partial charge in [-0.2, -0.15) is 5.10 Å². The first-order chi connectivity index (χ1) is 12.7. The lowest BCUT2D eigenvalue weighted by Gasteiger charge is -2.07. The Balaban J connectivity index is 1.53. The van der Waals surface area contributed by atoms with Crippen molar-refractivity contribution >= 4 is 16.8 Å². The van der Waals surface area contributed by atoms with Gasteiger partial charge in [0.1, 0.15) is 5.69 Å². The van der Waals surface area contributed by atoms with E-state index in [1.807, 2.05) is 24.4 Å². The third-order valence-corrected chi connectivity index (χ3v) is 4.19. The molecule has 0 aliphatic rings. The Kier molecular flexibility index (Phi) is 5.80. The SMILES string of the molecule is COCCn1nc(C(=O)NCCCc2c[nH]c3ccccc23)ccc1=O. The number of nitrogens with one attached hydrogen (secondary N) is 2. The first-order valence-electron chi connectivity index (χ1n) is 8.59. The van der Waals surface area contributed by atoms with Gasteiger partial charge in [-0.3, -0.25) is 9.59 Å². The molecule has 0 saturated heterocycles. The second-order valence-corrected chi connectivity index (χ2v) is 5.99. The topological polar surface area (TPSA) is 89.0 Å². The van der Waals surface area contributed by atoms with Gasteiger partial charge in [0.2, 0.25) is 0 Å². The number of aryl methyl sites for hydroxylation is 1. The number of hydrogen-bond acceptors (Lipinski definition) is 4. The van der Waals surface area contributed by atoms with Crippen LogP contribution in [0.1, 0.15) is 22.5 Å². The van der Waals surface area contributed by atoms with Crippen LogP contribution >= 0.6 is 0 Å². The summed E-state index contributed by atoms with van der Waals surface area (Å²) in [6.07, 6.45) is 3.70. The highest BCUT2D eigenvalue weighted by Crippen LogP contribution is 2.18. The van der Waals surface area contributed by atoms with Crippen molar-refractivity contribution in [3.8, 4) is 0 Å². The lowest BCUT2D eigenvalue weighted by molar-refractivity contribution is 0.0944. The zero-order valence-corrected chi connectivity index (χ0v) is 14.7. The highest BCUT2D eigenvalue weighted by atomic mass is 16.5. The molecule has 0 atom stereocenters. The average Bonchev–Trinajstić information content (AvgIpc) is 3.07. The molecule has 1 aromatic carbocycles. The summed E-state index contributed by atoms with van der Waals surface area (Å²) in [6.45, 7) is 1.22. The Labute approximate surface area is 151 Å². The predicted molar refractivity (Wildman–Crippen MR) is 99.3 cm³/mol. The number of nitrogens with zero attached hydrogens (tertiary/aromatic N) is 2. The fraction of sp³-hybridized carbons (Fsp3) is 0.316. The van der Waals surface area contributed by atoms with Gasteiger partial charge >= 0.3 is 0 Å². The molecule has 0 aliphatic heterocycles. The highest BCUT2D eigenvalue weighted by Gasteiger charge is 2.09. The minimum absolute atomic E-state index is 0.229. The lowest BCUT2D eigenvalue weighted by atomic mass is 10.1. The molecule has 136 valence electrons. The Morgan fingerprint density at radius 2 is 2.12 bits per heavy atom. The van der Waals surface area contributed by atoms with Crippen molar-refractivity contribution in [2.75, 3.05) is 20.3 Å². The molecule has 3 rings (SSSR count). The van der Waals surface area contributed by atoms with Gasteiger partial charge in [-0.05, 0) is 30.5 Å². The third-order valence-electron chi connectivity index (χ3n) is 4.19. The van der Waals surface area contributed by atoms with Crippen LogP contribution in [0, 0.1) is 0 Å². The van der Waals surface area contributed by atoms with E-state index in [0.717, 1.165) is 18.4 Å². The molecule has 7 nitrogen and oxygen atoms in total. The minimum atomic E-state index is -0.282. The molecular weight excluding hydrogens is 332 g/mol. The Bertz CT molecular complexity index is 945. The van der Waals surface area contributed by atoms with E-state index in [1.54, 1.807) is 7.11 Å². The van der Waals surface area contributed by atoms with Gasteiger partial charge in [-0.15, -0.1) is 0 Å². The van der Waals surface area contributed by atoms with Crippen molar-refractivity contribution in [3.63, 3.8) is 0 Å². The summed E-state index contributed by atoms with van der Waals surface area (Å²) in [5, 5.41) is 8.15. The number of para-hydroxylation sites is 1. The van der Waals surface area contributed by atoms with Crippen LogP contribution in [0.3, 0.4) is 0 Å². The molecule has 2 N–H and O–H groups in total. The van der Waals surface area contributed by atoms with E-state index in [2.05, 4.69) is 21.5 Å². The Morgan fingerprint density at radius 3 is 2.96 bits per heavy atom. The van der Waals surface area contributed by atoms with Crippen molar-refractivity contribution in [1.82, 2.24) is 20.1 Å². The number of carbonyl (C=O) groups excluding carboxylic acids is 1. The Morgan fingerprint density at radius 1 is 1.27 bits per heavy atom. The Hall–Kier alpha value is -2.93. The van der Waals surface area contributed by atoms with E-state index in [1.165, 1.54) is 27.8 Å². The molecule has 0 spiro atoms. The number of methoxy groups -OCH3 is 1. The largest absolute Gasteiger partial charge is 0.383 e. The second kappa shape index (κ2) is 8.44. The maximum absolute atomic E-state index is 12.2. The summed E-state index contributed by atoms with van der Waals surface area (Å²) < 4.78 is 6.18. The molecule has 2 aromatic heterocycles. The molecule has 0 fully saturated rings. The molecule has 0 aliphatic carbocycles. The highest BCUT2D eigenvalue weighted by molar-refractivity contribution is 5.92. The van der Waals surface area contributed by atoms with Crippen LogP contribution in [0.15, 0.2) is 47.4 Å². The number of carbonyl (C=O) groups is 1. The number of H-pyrrole nitrogens is 1. The zero-order chi connectivity index (χ0) is 18.4. The van der Waals surface area contributed by atoms with Crippen LogP contribution in [0.5, 0.6) is 0 Å². The summed E-state index contributed by atoms with van der Waals surface area (Å²) in [6, 6.07) is 11.0. The van der Waals surface area contributed by atoms with E-state index in [4.69, 9.17) is 4.74 Å². The standard InChI is InChI=1S/C19H22N4O3/c1-26-12-11-23-18(24)9-8-17(22-23)19(25)20-10-4-5-14-13-21-16-7-3-2-6-15(14)16/h2-3,6-9,13,21H,4-5,10-12H2,1H3,(H,20,25). The van der Waals surface area contributed by atoms with Gasteiger partial charge in [0.15, 0.2) is 0 Å². The van der Waals surface area contributed by atoms with Crippen LogP contribution in [0.2, 0.25) is 0 Å². The number of benzene rings is 1. The molecule has 0 unspecified atom stereocenters. The first-order valence-corrected chi connectivity index (χ1v) is 8.59. The van der Waals surface area contributed by atoms with E-state index in [9.17, 15) is 9.59 Å². The maximum Gasteiger partial charge on any atom is 0.271 e. The van der Waals surface area contributed by atoms with E-state index >= 15 is 0 Å². The number of aromatic nitrogens is 3. The van der Waals surface area contributed by atoms with E-state index in [-0.39, 0.29) is 17.2 Å². The summed E-state index contributed by atoms with van der Waals surface area (Å²) >= 11 is 0. The predicted octanol–water partition coefficient (Wildman–Crippen LogP) is 1.73.